The van der Waals surface area contributed by atoms with Crippen LogP contribution in [-0.4, -0.2) is 4.92 Å². The zero-order chi connectivity index (χ0) is 13.1. The maximum absolute atomic E-state index is 10.5. The van der Waals surface area contributed by atoms with Crippen LogP contribution in [0.1, 0.15) is 5.76 Å². The van der Waals surface area contributed by atoms with Gasteiger partial charge in [-0.2, -0.15) is 0 Å². The maximum atomic E-state index is 10.5. The molecule has 0 spiro atoms. The molecule has 5 nitrogen and oxygen atoms in total. The highest BCUT2D eigenvalue weighted by atomic mass is 79.9. The second-order valence-electron chi connectivity index (χ2n) is 3.48. The number of nitro groups is 1. The molecule has 0 atom stereocenters. The fourth-order valence-corrected chi connectivity index (χ4v) is 2.88. The summed E-state index contributed by atoms with van der Waals surface area (Å²) in [6, 6.07) is 8.47. The Morgan fingerprint density at radius 2 is 2.17 bits per heavy atom. The van der Waals surface area contributed by atoms with Gasteiger partial charge >= 0.3 is 5.88 Å². The minimum atomic E-state index is -0.548. The van der Waals surface area contributed by atoms with Crippen molar-refractivity contribution >= 4 is 39.3 Å². The fraction of sp³-hybridized carbons (Fsp3) is 0.0909. The molecule has 1 aromatic heterocycles. The van der Waals surface area contributed by atoms with Crippen LogP contribution < -0.4 is 5.73 Å². The molecule has 7 heteroatoms. The van der Waals surface area contributed by atoms with Crippen LogP contribution in [0.3, 0.4) is 0 Å². The number of anilines is 1. The smallest absolute Gasteiger partial charge is 0.405 e. The van der Waals surface area contributed by atoms with Gasteiger partial charge in [0.1, 0.15) is 10.7 Å². The number of hydrogen-bond donors (Lipinski definition) is 1. The van der Waals surface area contributed by atoms with Gasteiger partial charge < -0.3 is 10.2 Å². The summed E-state index contributed by atoms with van der Waals surface area (Å²) in [7, 11) is 0. The molecule has 2 N–H and O–H groups in total. The number of rotatable bonds is 4. The summed E-state index contributed by atoms with van der Waals surface area (Å²) < 4.78 is 5.97. The molecular weight excluding hydrogens is 320 g/mol. The number of nitrogens with two attached hydrogens (primary N) is 1. The number of hydrogen-bond acceptors (Lipinski definition) is 5. The van der Waals surface area contributed by atoms with Gasteiger partial charge in [0, 0.05) is 15.1 Å². The van der Waals surface area contributed by atoms with Crippen molar-refractivity contribution in [2.24, 2.45) is 0 Å². The van der Waals surface area contributed by atoms with E-state index in [1.54, 1.807) is 12.1 Å². The van der Waals surface area contributed by atoms with Gasteiger partial charge in [-0.15, -0.1) is 11.8 Å². The standard InChI is InChI=1S/C11H9BrN2O3S/c12-9-5-7(13)1-3-10(9)18-6-8-2-4-11(17-8)14(15)16/h1-5H,6,13H2. The molecule has 0 fully saturated rings. The van der Waals surface area contributed by atoms with Crippen LogP contribution in [0.5, 0.6) is 0 Å². The second-order valence-corrected chi connectivity index (χ2v) is 5.35. The normalized spacial score (nSPS) is 10.5. The first kappa shape index (κ1) is 13.0. The van der Waals surface area contributed by atoms with E-state index >= 15 is 0 Å². The topological polar surface area (TPSA) is 82.3 Å². The molecule has 0 radical (unpaired) electrons. The van der Waals surface area contributed by atoms with Crippen molar-refractivity contribution in [1.29, 1.82) is 0 Å². The number of nitrogen functional groups attached to an aromatic ring is 1. The van der Waals surface area contributed by atoms with Crippen LogP contribution in [0.15, 0.2) is 44.1 Å². The van der Waals surface area contributed by atoms with Crippen molar-refractivity contribution < 1.29 is 9.34 Å². The molecule has 2 rings (SSSR count). The first-order valence-corrected chi connectivity index (χ1v) is 6.75. The van der Waals surface area contributed by atoms with E-state index in [1.807, 2.05) is 12.1 Å². The predicted octanol–water partition coefficient (Wildman–Crippen LogP) is 3.82. The summed E-state index contributed by atoms with van der Waals surface area (Å²) in [5, 5.41) is 10.5. The van der Waals surface area contributed by atoms with E-state index in [-0.39, 0.29) is 5.88 Å². The van der Waals surface area contributed by atoms with Gasteiger partial charge in [0.15, 0.2) is 0 Å². The SMILES string of the molecule is Nc1ccc(SCc2ccc([N+](=O)[O-])o2)c(Br)c1. The van der Waals surface area contributed by atoms with E-state index in [1.165, 1.54) is 17.8 Å². The summed E-state index contributed by atoms with van der Waals surface area (Å²) in [5.41, 5.74) is 6.32. The molecule has 0 aliphatic rings. The molecule has 1 aromatic carbocycles. The number of thioether (sulfide) groups is 1. The van der Waals surface area contributed by atoms with Crippen LogP contribution >= 0.6 is 27.7 Å². The molecule has 0 bridgehead atoms. The van der Waals surface area contributed by atoms with E-state index < -0.39 is 4.92 Å². The molecule has 0 amide bonds. The summed E-state index contributed by atoms with van der Waals surface area (Å²) in [6.07, 6.45) is 0. The third-order valence-electron chi connectivity index (χ3n) is 2.15. The van der Waals surface area contributed by atoms with Gasteiger partial charge in [0.25, 0.3) is 0 Å². The highest BCUT2D eigenvalue weighted by Gasteiger charge is 2.12. The maximum Gasteiger partial charge on any atom is 0.433 e. The van der Waals surface area contributed by atoms with E-state index in [0.29, 0.717) is 17.2 Å². The molecule has 0 unspecified atom stereocenters. The van der Waals surface area contributed by atoms with Crippen LogP contribution in [0.25, 0.3) is 0 Å². The van der Waals surface area contributed by atoms with E-state index in [0.717, 1.165) is 9.37 Å². The second kappa shape index (κ2) is 5.45. The van der Waals surface area contributed by atoms with Crippen molar-refractivity contribution in [3.05, 3.63) is 50.7 Å². The quantitative estimate of drug-likeness (QED) is 0.399. The number of furan rings is 1. The Kier molecular flexibility index (Phi) is 3.93. The average molecular weight is 329 g/mol. The first-order chi connectivity index (χ1) is 8.56. The number of halogens is 1. The molecule has 0 aliphatic heterocycles. The Morgan fingerprint density at radius 3 is 2.78 bits per heavy atom. The molecule has 2 aromatic rings. The Bertz CT molecular complexity index is 585. The van der Waals surface area contributed by atoms with Crippen molar-refractivity contribution in [1.82, 2.24) is 0 Å². The average Bonchev–Trinajstić information content (AvgIpc) is 2.76. The predicted molar refractivity (Wildman–Crippen MR) is 73.5 cm³/mol. The lowest BCUT2D eigenvalue weighted by molar-refractivity contribution is -0.402. The van der Waals surface area contributed by atoms with E-state index in [9.17, 15) is 10.1 Å². The lowest BCUT2D eigenvalue weighted by atomic mass is 10.3. The minimum Gasteiger partial charge on any atom is -0.405 e. The molecule has 1 heterocycles. The minimum absolute atomic E-state index is 0.234. The van der Waals surface area contributed by atoms with Crippen LogP contribution in [0.4, 0.5) is 11.6 Å². The van der Waals surface area contributed by atoms with Gasteiger partial charge in [-0.1, -0.05) is 0 Å². The molecular formula is C11H9BrN2O3S. The molecule has 0 saturated heterocycles. The Labute approximate surface area is 116 Å². The van der Waals surface area contributed by atoms with Crippen LogP contribution in [0, 0.1) is 10.1 Å². The van der Waals surface area contributed by atoms with Gasteiger partial charge in [0.2, 0.25) is 0 Å². The Morgan fingerprint density at radius 1 is 1.39 bits per heavy atom. The molecule has 0 saturated carbocycles. The molecule has 18 heavy (non-hydrogen) atoms. The Balaban J connectivity index is 2.04. The number of nitrogens with zero attached hydrogens (tertiary/aromatic N) is 1. The summed E-state index contributed by atoms with van der Waals surface area (Å²) in [6.45, 7) is 0. The summed E-state index contributed by atoms with van der Waals surface area (Å²) in [5.74, 6) is 0.855. The van der Waals surface area contributed by atoms with Crippen molar-refractivity contribution in [3.8, 4) is 0 Å². The molecule has 94 valence electrons. The van der Waals surface area contributed by atoms with Gasteiger partial charge in [-0.25, -0.2) is 0 Å². The third kappa shape index (κ3) is 3.05. The van der Waals surface area contributed by atoms with E-state index in [4.69, 9.17) is 10.2 Å². The Hall–Kier alpha value is -1.47. The van der Waals surface area contributed by atoms with Gasteiger partial charge in [-0.3, -0.25) is 10.1 Å². The zero-order valence-electron chi connectivity index (χ0n) is 9.13. The van der Waals surface area contributed by atoms with Crippen LogP contribution in [-0.2, 0) is 5.75 Å². The van der Waals surface area contributed by atoms with Crippen LogP contribution in [0.2, 0.25) is 0 Å². The summed E-state index contributed by atoms with van der Waals surface area (Å²) in [4.78, 5) is 10.9. The lowest BCUT2D eigenvalue weighted by Crippen LogP contribution is -1.85. The first-order valence-electron chi connectivity index (χ1n) is 4.97. The van der Waals surface area contributed by atoms with E-state index in [2.05, 4.69) is 15.9 Å². The largest absolute Gasteiger partial charge is 0.433 e. The highest BCUT2D eigenvalue weighted by molar-refractivity contribution is 9.10. The van der Waals surface area contributed by atoms with Crippen molar-refractivity contribution in [2.75, 3.05) is 5.73 Å². The zero-order valence-corrected chi connectivity index (χ0v) is 11.5. The van der Waals surface area contributed by atoms with Gasteiger partial charge in [-0.05, 0) is 40.2 Å². The molecule has 0 aliphatic carbocycles. The van der Waals surface area contributed by atoms with Crippen molar-refractivity contribution in [2.45, 2.75) is 10.6 Å². The van der Waals surface area contributed by atoms with Crippen molar-refractivity contribution in [3.63, 3.8) is 0 Å². The number of benzene rings is 1. The monoisotopic (exact) mass is 328 g/mol. The lowest BCUT2D eigenvalue weighted by Gasteiger charge is -2.03. The van der Waals surface area contributed by atoms with Gasteiger partial charge in [0.05, 0.1) is 11.8 Å². The highest BCUT2D eigenvalue weighted by Crippen LogP contribution is 2.32. The fourth-order valence-electron chi connectivity index (χ4n) is 1.33. The summed E-state index contributed by atoms with van der Waals surface area (Å²) >= 11 is 4.92. The third-order valence-corrected chi connectivity index (χ3v) is 4.17.